The Balaban J connectivity index is 1.73. The number of nitrogens with one attached hydrogen (secondary N) is 1. The van der Waals surface area contributed by atoms with Crippen LogP contribution in [0.15, 0.2) is 0 Å². The zero-order valence-electron chi connectivity index (χ0n) is 11.5. The van der Waals surface area contributed by atoms with Crippen molar-refractivity contribution >= 4 is 0 Å². The van der Waals surface area contributed by atoms with Gasteiger partial charge in [0.2, 0.25) is 0 Å². The molecule has 2 saturated heterocycles. The smallest absolute Gasteiger partial charge is 0.0469 e. The van der Waals surface area contributed by atoms with Crippen LogP contribution in [0.2, 0.25) is 0 Å². The quantitative estimate of drug-likeness (QED) is 0.812. The van der Waals surface area contributed by atoms with E-state index >= 15 is 0 Å². The fraction of sp³-hybridized carbons (Fsp3) is 1.00. The molecule has 2 heterocycles. The molecule has 2 rings (SSSR count). The van der Waals surface area contributed by atoms with E-state index in [1.807, 2.05) is 0 Å². The maximum Gasteiger partial charge on any atom is 0.0469 e. The van der Waals surface area contributed by atoms with Gasteiger partial charge in [0, 0.05) is 31.8 Å². The van der Waals surface area contributed by atoms with E-state index in [0.717, 1.165) is 19.1 Å². The summed E-state index contributed by atoms with van der Waals surface area (Å²) in [6.45, 7) is 7.93. The predicted octanol–water partition coefficient (Wildman–Crippen LogP) is 1.88. The molecule has 0 saturated carbocycles. The summed E-state index contributed by atoms with van der Waals surface area (Å²) in [5.74, 6) is 0.848. The fourth-order valence-corrected chi connectivity index (χ4v) is 3.28. The van der Waals surface area contributed by atoms with Gasteiger partial charge < -0.3 is 15.0 Å². The minimum absolute atomic E-state index is 0.345. The van der Waals surface area contributed by atoms with E-state index in [1.165, 1.54) is 51.7 Å². The van der Waals surface area contributed by atoms with Gasteiger partial charge in [-0.1, -0.05) is 6.42 Å². The van der Waals surface area contributed by atoms with Gasteiger partial charge >= 0.3 is 0 Å². The Morgan fingerprint density at radius 3 is 2.71 bits per heavy atom. The van der Waals surface area contributed by atoms with Crippen LogP contribution >= 0.6 is 0 Å². The number of hydrogen-bond acceptors (Lipinski definition) is 3. The van der Waals surface area contributed by atoms with Gasteiger partial charge in [0.25, 0.3) is 0 Å². The van der Waals surface area contributed by atoms with Crippen LogP contribution in [-0.2, 0) is 4.74 Å². The summed E-state index contributed by atoms with van der Waals surface area (Å²) < 4.78 is 5.42. The fourth-order valence-electron chi connectivity index (χ4n) is 3.28. The van der Waals surface area contributed by atoms with Crippen molar-refractivity contribution in [1.82, 2.24) is 10.2 Å². The Kier molecular flexibility index (Phi) is 4.83. The van der Waals surface area contributed by atoms with Crippen LogP contribution in [0.3, 0.4) is 0 Å². The van der Waals surface area contributed by atoms with E-state index in [9.17, 15) is 0 Å². The van der Waals surface area contributed by atoms with E-state index in [-0.39, 0.29) is 0 Å². The van der Waals surface area contributed by atoms with Gasteiger partial charge in [-0.05, 0) is 52.1 Å². The normalized spacial score (nSPS) is 31.9. The van der Waals surface area contributed by atoms with Crippen LogP contribution in [0.1, 0.15) is 39.0 Å². The topological polar surface area (TPSA) is 24.5 Å². The van der Waals surface area contributed by atoms with E-state index in [1.54, 1.807) is 0 Å². The second-order valence-corrected chi connectivity index (χ2v) is 6.20. The van der Waals surface area contributed by atoms with Gasteiger partial charge in [-0.25, -0.2) is 0 Å². The first-order valence-electron chi connectivity index (χ1n) is 7.19. The number of hydrogen-bond donors (Lipinski definition) is 1. The third-order valence-corrected chi connectivity index (χ3v) is 4.24. The minimum Gasteiger partial charge on any atom is -0.381 e. The number of ether oxygens (including phenoxy) is 1. The Hall–Kier alpha value is -0.120. The molecule has 2 fully saturated rings. The third-order valence-electron chi connectivity index (χ3n) is 4.24. The molecule has 2 aliphatic heterocycles. The lowest BCUT2D eigenvalue weighted by molar-refractivity contribution is 0.0514. The Morgan fingerprint density at radius 2 is 2.06 bits per heavy atom. The summed E-state index contributed by atoms with van der Waals surface area (Å²) in [7, 11) is 2.27. The molecule has 0 aromatic carbocycles. The highest BCUT2D eigenvalue weighted by atomic mass is 16.5. The molecule has 17 heavy (non-hydrogen) atoms. The van der Waals surface area contributed by atoms with Crippen LogP contribution in [0.5, 0.6) is 0 Å². The molecule has 3 nitrogen and oxygen atoms in total. The summed E-state index contributed by atoms with van der Waals surface area (Å²) in [6, 6.07) is 0. The van der Waals surface area contributed by atoms with Crippen molar-refractivity contribution < 1.29 is 4.74 Å². The molecule has 100 valence electrons. The number of likely N-dealkylation sites (N-methyl/N-ethyl adjacent to an activating group) is 1. The van der Waals surface area contributed by atoms with Crippen molar-refractivity contribution in [2.75, 3.05) is 39.9 Å². The van der Waals surface area contributed by atoms with Crippen molar-refractivity contribution in [3.63, 3.8) is 0 Å². The average Bonchev–Trinajstić information content (AvgIpc) is 2.30. The maximum atomic E-state index is 5.42. The van der Waals surface area contributed by atoms with Crippen molar-refractivity contribution in [2.24, 2.45) is 5.92 Å². The summed E-state index contributed by atoms with van der Waals surface area (Å²) in [5, 5.41) is 3.70. The van der Waals surface area contributed by atoms with Crippen molar-refractivity contribution in [3.8, 4) is 0 Å². The van der Waals surface area contributed by atoms with E-state index < -0.39 is 0 Å². The van der Waals surface area contributed by atoms with Crippen molar-refractivity contribution in [3.05, 3.63) is 0 Å². The number of rotatable bonds is 4. The molecule has 2 aliphatic rings. The van der Waals surface area contributed by atoms with Crippen LogP contribution in [-0.4, -0.2) is 50.3 Å². The molecule has 3 heteroatoms. The molecule has 0 aromatic heterocycles. The molecule has 0 amide bonds. The van der Waals surface area contributed by atoms with Gasteiger partial charge in [0.05, 0.1) is 0 Å². The highest BCUT2D eigenvalue weighted by Crippen LogP contribution is 2.21. The van der Waals surface area contributed by atoms with Gasteiger partial charge in [0.15, 0.2) is 0 Å². The first-order chi connectivity index (χ1) is 8.18. The van der Waals surface area contributed by atoms with Crippen LogP contribution in [0.4, 0.5) is 0 Å². The largest absolute Gasteiger partial charge is 0.381 e. The summed E-state index contributed by atoms with van der Waals surface area (Å²) >= 11 is 0. The van der Waals surface area contributed by atoms with E-state index in [4.69, 9.17) is 4.74 Å². The summed E-state index contributed by atoms with van der Waals surface area (Å²) in [4.78, 5) is 2.52. The predicted molar refractivity (Wildman–Crippen MR) is 71.3 cm³/mol. The average molecular weight is 240 g/mol. The third kappa shape index (κ3) is 4.23. The first kappa shape index (κ1) is 13.3. The summed E-state index contributed by atoms with van der Waals surface area (Å²) in [5.41, 5.74) is 0.345. The Labute approximate surface area is 106 Å². The lowest BCUT2D eigenvalue weighted by Crippen LogP contribution is -2.53. The first-order valence-corrected chi connectivity index (χ1v) is 7.19. The highest BCUT2D eigenvalue weighted by Gasteiger charge is 2.28. The molecule has 0 radical (unpaired) electrons. The lowest BCUT2D eigenvalue weighted by Gasteiger charge is -2.39. The highest BCUT2D eigenvalue weighted by molar-refractivity contribution is 4.89. The number of nitrogens with zero attached hydrogens (tertiary/aromatic N) is 1. The molecule has 0 aromatic rings. The van der Waals surface area contributed by atoms with Crippen molar-refractivity contribution in [2.45, 2.75) is 44.6 Å². The van der Waals surface area contributed by atoms with Crippen LogP contribution in [0.25, 0.3) is 0 Å². The maximum absolute atomic E-state index is 5.42. The molecular weight excluding hydrogens is 212 g/mol. The zero-order valence-corrected chi connectivity index (χ0v) is 11.5. The SMILES string of the molecule is CN(CC1CCOCC1)CC1(C)CCCCN1. The van der Waals surface area contributed by atoms with Gasteiger partial charge in [-0.15, -0.1) is 0 Å². The second-order valence-electron chi connectivity index (χ2n) is 6.20. The van der Waals surface area contributed by atoms with Gasteiger partial charge in [0.1, 0.15) is 0 Å². The molecule has 0 spiro atoms. The number of piperidine rings is 1. The second kappa shape index (κ2) is 6.17. The van der Waals surface area contributed by atoms with Gasteiger partial charge in [-0.3, -0.25) is 0 Å². The van der Waals surface area contributed by atoms with Gasteiger partial charge in [-0.2, -0.15) is 0 Å². The molecule has 1 unspecified atom stereocenters. The monoisotopic (exact) mass is 240 g/mol. The lowest BCUT2D eigenvalue weighted by atomic mass is 9.90. The summed E-state index contributed by atoms with van der Waals surface area (Å²) in [6.07, 6.45) is 6.54. The molecule has 1 atom stereocenters. The minimum atomic E-state index is 0.345. The van der Waals surface area contributed by atoms with E-state index in [0.29, 0.717) is 5.54 Å². The molecule has 0 bridgehead atoms. The van der Waals surface area contributed by atoms with Crippen molar-refractivity contribution in [1.29, 1.82) is 0 Å². The Morgan fingerprint density at radius 1 is 1.29 bits per heavy atom. The standard InChI is InChI=1S/C14H28N2O/c1-14(7-3-4-8-15-14)12-16(2)11-13-5-9-17-10-6-13/h13,15H,3-12H2,1-2H3. The zero-order chi connectivity index (χ0) is 12.1. The molecule has 1 N–H and O–H groups in total. The molecule has 0 aliphatic carbocycles. The van der Waals surface area contributed by atoms with Crippen LogP contribution < -0.4 is 5.32 Å². The van der Waals surface area contributed by atoms with Crippen LogP contribution in [0, 0.1) is 5.92 Å². The Bertz CT molecular complexity index is 220. The van der Waals surface area contributed by atoms with E-state index in [2.05, 4.69) is 24.2 Å². The molecular formula is C14H28N2O.